The number of carbonyl (C=O) groups excluding carboxylic acids is 2. The minimum Gasteiger partial charge on any atom is -0.381 e. The first-order chi connectivity index (χ1) is 26.8. The van der Waals surface area contributed by atoms with Crippen LogP contribution >= 0.6 is 0 Å². The molecule has 2 aromatic heterocycles. The number of hydrogen-bond acceptors (Lipinski definition) is 6. The first-order valence-corrected chi connectivity index (χ1v) is 19.0. The van der Waals surface area contributed by atoms with Gasteiger partial charge in [0.1, 0.15) is 11.6 Å². The maximum atomic E-state index is 13.2. The van der Waals surface area contributed by atoms with Crippen LogP contribution < -0.4 is 10.6 Å². The van der Waals surface area contributed by atoms with Gasteiger partial charge in [0.05, 0.1) is 23.8 Å². The molecule has 2 atom stereocenters. The van der Waals surface area contributed by atoms with Crippen LogP contribution in [0.15, 0.2) is 60.9 Å². The number of nitrogens with zero attached hydrogens (tertiary/aromatic N) is 2. The number of H-pyrrole nitrogens is 2. The first-order valence-electron chi connectivity index (χ1n) is 19.0. The SMILES string of the molecule is O=C(CC(CCC(F)(F)F)c1ncc(-c2ccc(-c3ccc(-c4cnc(C(CCC(F)(F)F)CC(=O)NC5CCOCC5)[nH]4)cc3)cc2)[nH]1)NC1CCOCC1. The number of hydrogen-bond donors (Lipinski definition) is 4. The second-order valence-corrected chi connectivity index (χ2v) is 14.5. The minimum atomic E-state index is -4.37. The van der Waals surface area contributed by atoms with Crippen molar-refractivity contribution in [3.63, 3.8) is 0 Å². The van der Waals surface area contributed by atoms with E-state index in [1.165, 1.54) is 0 Å². The van der Waals surface area contributed by atoms with Gasteiger partial charge in [0, 0.05) is 76.0 Å². The lowest BCUT2D eigenvalue weighted by Crippen LogP contribution is -2.39. The van der Waals surface area contributed by atoms with Crippen LogP contribution in [-0.4, -0.2) is 82.6 Å². The maximum absolute atomic E-state index is 13.2. The number of halogens is 6. The molecule has 2 saturated heterocycles. The van der Waals surface area contributed by atoms with Gasteiger partial charge in [0.25, 0.3) is 0 Å². The second kappa shape index (κ2) is 18.5. The maximum Gasteiger partial charge on any atom is 0.389 e. The summed E-state index contributed by atoms with van der Waals surface area (Å²) in [6.45, 7) is 2.11. The van der Waals surface area contributed by atoms with E-state index in [0.717, 1.165) is 22.3 Å². The van der Waals surface area contributed by atoms with Crippen molar-refractivity contribution in [1.29, 1.82) is 0 Å². The van der Waals surface area contributed by atoms with E-state index in [1.807, 2.05) is 48.5 Å². The number of amides is 2. The molecular weight excluding hydrogens is 742 g/mol. The van der Waals surface area contributed by atoms with Crippen molar-refractivity contribution in [3.8, 4) is 33.6 Å². The highest BCUT2D eigenvalue weighted by Crippen LogP contribution is 2.34. The van der Waals surface area contributed by atoms with Crippen LogP contribution in [0.3, 0.4) is 0 Å². The Balaban J connectivity index is 1.10. The van der Waals surface area contributed by atoms with Gasteiger partial charge in [0.15, 0.2) is 0 Å². The molecule has 4 N–H and O–H groups in total. The summed E-state index contributed by atoms with van der Waals surface area (Å²) in [7, 11) is 0. The van der Waals surface area contributed by atoms with E-state index in [2.05, 4.69) is 30.6 Å². The molecule has 0 aliphatic carbocycles. The lowest BCUT2D eigenvalue weighted by Gasteiger charge is -2.24. The van der Waals surface area contributed by atoms with E-state index < -0.39 is 37.0 Å². The predicted molar refractivity (Wildman–Crippen MR) is 196 cm³/mol. The van der Waals surface area contributed by atoms with Gasteiger partial charge in [-0.3, -0.25) is 9.59 Å². The highest BCUT2D eigenvalue weighted by atomic mass is 19.4. The number of benzene rings is 2. The van der Waals surface area contributed by atoms with Crippen LogP contribution in [0.25, 0.3) is 33.6 Å². The molecule has 0 spiro atoms. The van der Waals surface area contributed by atoms with Gasteiger partial charge in [-0.1, -0.05) is 48.5 Å². The first kappa shape index (κ1) is 40.9. The predicted octanol–water partition coefficient (Wildman–Crippen LogP) is 8.36. The summed E-state index contributed by atoms with van der Waals surface area (Å²) in [6.07, 6.45) is -5.86. The zero-order valence-electron chi connectivity index (χ0n) is 30.8. The van der Waals surface area contributed by atoms with E-state index >= 15 is 0 Å². The third-order valence-corrected chi connectivity index (χ3v) is 10.3. The molecule has 16 heteroatoms. The average Bonchev–Trinajstić information content (AvgIpc) is 3.87. The largest absolute Gasteiger partial charge is 0.389 e. The molecular formula is C40H46F6N6O4. The molecule has 4 heterocycles. The zero-order valence-corrected chi connectivity index (χ0v) is 30.8. The summed E-state index contributed by atoms with van der Waals surface area (Å²) in [5, 5.41) is 5.85. The van der Waals surface area contributed by atoms with Crippen molar-refractivity contribution in [2.24, 2.45) is 0 Å². The smallest absolute Gasteiger partial charge is 0.381 e. The molecule has 2 unspecified atom stereocenters. The zero-order chi connectivity index (χ0) is 39.7. The second-order valence-electron chi connectivity index (χ2n) is 14.5. The van der Waals surface area contributed by atoms with Crippen LogP contribution in [0, 0.1) is 0 Å². The summed E-state index contributed by atoms with van der Waals surface area (Å²) < 4.78 is 89.8. The van der Waals surface area contributed by atoms with Crippen LogP contribution in [-0.2, 0) is 19.1 Å². The van der Waals surface area contributed by atoms with Crippen LogP contribution in [0.2, 0.25) is 0 Å². The van der Waals surface area contributed by atoms with Crippen LogP contribution in [0.4, 0.5) is 26.3 Å². The van der Waals surface area contributed by atoms with Crippen LogP contribution in [0.5, 0.6) is 0 Å². The standard InChI is InChI=1S/C40H46F6N6O4/c41-39(42,43)15-9-29(21-35(53)49-31-11-17-55-18-12-31)37-47-23-33(51-37)27-5-1-25(2-6-27)26-3-7-28(8-4-26)34-24-48-38(52-34)30(10-16-40(44,45)46)22-36(54)50-32-13-19-56-20-14-32/h1-8,23-24,29-32H,9-22H2,(H,47,51)(H,48,52)(H,49,53)(H,50,54). The number of rotatable bonds is 15. The number of ether oxygens (including phenoxy) is 2. The number of carbonyl (C=O) groups is 2. The van der Waals surface area contributed by atoms with Gasteiger partial charge >= 0.3 is 12.4 Å². The van der Waals surface area contributed by atoms with E-state index in [0.29, 0.717) is 75.1 Å². The Morgan fingerprint density at radius 2 is 0.946 bits per heavy atom. The normalized spacial score (nSPS) is 17.0. The van der Waals surface area contributed by atoms with E-state index in [1.54, 1.807) is 12.4 Å². The fraction of sp³-hybridized carbons (Fsp3) is 0.500. The Bertz CT molecular complexity index is 1730. The third kappa shape index (κ3) is 12.1. The van der Waals surface area contributed by atoms with E-state index in [4.69, 9.17) is 9.47 Å². The molecule has 2 aliphatic rings. The molecule has 6 rings (SSSR count). The number of nitrogens with one attached hydrogen (secondary N) is 4. The van der Waals surface area contributed by atoms with Crippen molar-refractivity contribution in [2.75, 3.05) is 26.4 Å². The highest BCUT2D eigenvalue weighted by Gasteiger charge is 2.32. The Labute approximate surface area is 320 Å². The Hall–Kier alpha value is -4.70. The fourth-order valence-electron chi connectivity index (χ4n) is 7.12. The van der Waals surface area contributed by atoms with E-state index in [9.17, 15) is 35.9 Å². The molecule has 4 aromatic rings. The molecule has 0 bridgehead atoms. The molecule has 2 amide bonds. The highest BCUT2D eigenvalue weighted by molar-refractivity contribution is 5.78. The molecule has 302 valence electrons. The molecule has 2 fully saturated rings. The fourth-order valence-corrected chi connectivity index (χ4v) is 7.12. The molecule has 56 heavy (non-hydrogen) atoms. The van der Waals surface area contributed by atoms with Crippen molar-refractivity contribution in [3.05, 3.63) is 72.6 Å². The number of aromatic nitrogens is 4. The Morgan fingerprint density at radius 1 is 0.607 bits per heavy atom. The summed E-state index contributed by atoms with van der Waals surface area (Å²) in [5.74, 6) is -1.50. The summed E-state index contributed by atoms with van der Waals surface area (Å²) in [4.78, 5) is 40.7. The quantitative estimate of drug-likeness (QED) is 0.0896. The molecule has 2 aromatic carbocycles. The van der Waals surface area contributed by atoms with Crippen molar-refractivity contribution in [2.45, 2.75) is 100 Å². The monoisotopic (exact) mass is 788 g/mol. The van der Waals surface area contributed by atoms with Crippen molar-refractivity contribution in [1.82, 2.24) is 30.6 Å². The molecule has 10 nitrogen and oxygen atoms in total. The van der Waals surface area contributed by atoms with Gasteiger partial charge in [0.2, 0.25) is 11.8 Å². The Morgan fingerprint density at radius 3 is 1.29 bits per heavy atom. The minimum absolute atomic E-state index is 0.0645. The summed E-state index contributed by atoms with van der Waals surface area (Å²) in [5.41, 5.74) is 4.51. The summed E-state index contributed by atoms with van der Waals surface area (Å²) in [6, 6.07) is 14.9. The van der Waals surface area contributed by atoms with Crippen molar-refractivity contribution >= 4 is 11.8 Å². The van der Waals surface area contributed by atoms with Gasteiger partial charge in [-0.2, -0.15) is 26.3 Å². The molecule has 2 aliphatic heterocycles. The number of aromatic amines is 2. The summed E-state index contributed by atoms with van der Waals surface area (Å²) >= 11 is 0. The lowest BCUT2D eigenvalue weighted by atomic mass is 9.97. The van der Waals surface area contributed by atoms with Gasteiger partial charge in [-0.25, -0.2) is 9.97 Å². The van der Waals surface area contributed by atoms with Gasteiger partial charge in [-0.15, -0.1) is 0 Å². The Kier molecular flexibility index (Phi) is 13.5. The van der Waals surface area contributed by atoms with Gasteiger partial charge in [-0.05, 0) is 60.8 Å². The van der Waals surface area contributed by atoms with Crippen LogP contribution in [0.1, 0.15) is 87.7 Å². The molecule has 0 saturated carbocycles. The number of imidazole rings is 2. The van der Waals surface area contributed by atoms with Crippen molar-refractivity contribution < 1.29 is 45.4 Å². The number of alkyl halides is 6. The third-order valence-electron chi connectivity index (χ3n) is 10.3. The molecule has 0 radical (unpaired) electrons. The van der Waals surface area contributed by atoms with E-state index in [-0.39, 0.29) is 49.6 Å². The van der Waals surface area contributed by atoms with Gasteiger partial charge < -0.3 is 30.1 Å². The average molecular weight is 789 g/mol. The lowest BCUT2D eigenvalue weighted by molar-refractivity contribution is -0.138. The topological polar surface area (TPSA) is 134 Å².